The van der Waals surface area contributed by atoms with E-state index in [1.54, 1.807) is 28.8 Å². The average Bonchev–Trinajstić information content (AvgIpc) is 2.80. The van der Waals surface area contributed by atoms with Gasteiger partial charge in [0.25, 0.3) is 0 Å². The molecule has 1 heterocycles. The molecule has 0 radical (unpaired) electrons. The maximum atomic E-state index is 14.6. The lowest BCUT2D eigenvalue weighted by Gasteiger charge is -2.17. The zero-order valence-corrected chi connectivity index (χ0v) is 20.4. The summed E-state index contributed by atoms with van der Waals surface area (Å²) >= 11 is 0. The van der Waals surface area contributed by atoms with Gasteiger partial charge in [-0.1, -0.05) is 35.9 Å². The lowest BCUT2D eigenvalue weighted by Crippen LogP contribution is -2.33. The topological polar surface area (TPSA) is 3.88 Å². The van der Waals surface area contributed by atoms with Gasteiger partial charge in [-0.25, -0.2) is 17.6 Å². The van der Waals surface area contributed by atoms with Crippen LogP contribution < -0.4 is 4.57 Å². The van der Waals surface area contributed by atoms with Gasteiger partial charge in [0.05, 0.1) is 10.8 Å². The molecule has 196 valence electrons. The van der Waals surface area contributed by atoms with Crippen LogP contribution in [0.5, 0.6) is 0 Å². The normalized spacial score (nSPS) is 11.6. The van der Waals surface area contributed by atoms with Crippen LogP contribution in [-0.4, -0.2) is 7.25 Å². The molecule has 0 saturated carbocycles. The van der Waals surface area contributed by atoms with E-state index in [2.05, 4.69) is 0 Å². The number of aryl methyl sites for hydroxylation is 3. The highest BCUT2D eigenvalue weighted by Crippen LogP contribution is 2.40. The standard InChI is InChI=1S/C28H20F4N.BF4/c1-15-9-16(2)27(17(3)10-15)28-19-11-21(29)23(31)13-25(19)33(18-7-5-4-6-8-18)26-14-24(32)22(30)12-20(26)28;2-1(3,4)5/h4-14H,1-3H3;/q+1;-1. The summed E-state index contributed by atoms with van der Waals surface area (Å²) in [4.78, 5) is 0. The molecule has 0 atom stereocenters. The van der Waals surface area contributed by atoms with Crippen LogP contribution in [0, 0.1) is 44.0 Å². The lowest BCUT2D eigenvalue weighted by molar-refractivity contribution is -0.538. The summed E-state index contributed by atoms with van der Waals surface area (Å²) in [5.41, 5.74) is 5.51. The third kappa shape index (κ3) is 5.34. The molecular formula is C28H20BF8N. The molecule has 0 fully saturated rings. The van der Waals surface area contributed by atoms with E-state index in [1.165, 1.54) is 0 Å². The molecule has 5 rings (SSSR count). The van der Waals surface area contributed by atoms with Crippen molar-refractivity contribution in [2.24, 2.45) is 0 Å². The van der Waals surface area contributed by atoms with Crippen molar-refractivity contribution in [2.75, 3.05) is 0 Å². The number of para-hydroxylation sites is 1. The van der Waals surface area contributed by atoms with Gasteiger partial charge in [0.15, 0.2) is 23.3 Å². The van der Waals surface area contributed by atoms with Crippen molar-refractivity contribution < 1.29 is 39.4 Å². The fraction of sp³-hybridized carbons (Fsp3) is 0.107. The second-order valence-electron chi connectivity index (χ2n) is 8.88. The van der Waals surface area contributed by atoms with Crippen molar-refractivity contribution in [1.29, 1.82) is 0 Å². The van der Waals surface area contributed by atoms with Crippen LogP contribution in [-0.2, 0) is 0 Å². The summed E-state index contributed by atoms with van der Waals surface area (Å²) < 4.78 is 98.8. The smallest absolute Gasteiger partial charge is 0.418 e. The average molecular weight is 533 g/mol. The number of rotatable bonds is 2. The van der Waals surface area contributed by atoms with Crippen LogP contribution in [0.3, 0.4) is 0 Å². The van der Waals surface area contributed by atoms with Crippen molar-refractivity contribution in [3.8, 4) is 16.8 Å². The van der Waals surface area contributed by atoms with Gasteiger partial charge in [0.2, 0.25) is 16.7 Å². The summed E-state index contributed by atoms with van der Waals surface area (Å²) in [7, 11) is -6.00. The number of nitrogens with zero attached hydrogens (tertiary/aromatic N) is 1. The number of pyridine rings is 1. The quantitative estimate of drug-likeness (QED) is 0.0925. The Bertz CT molecular complexity index is 1580. The van der Waals surface area contributed by atoms with Gasteiger partial charge in [0.1, 0.15) is 0 Å². The Morgan fingerprint density at radius 2 is 0.947 bits per heavy atom. The first-order chi connectivity index (χ1) is 17.8. The first kappa shape index (κ1) is 27.1. The molecule has 0 saturated heterocycles. The molecule has 0 unspecified atom stereocenters. The van der Waals surface area contributed by atoms with Crippen LogP contribution in [0.2, 0.25) is 0 Å². The van der Waals surface area contributed by atoms with E-state index in [1.807, 2.05) is 39.0 Å². The Balaban J connectivity index is 0.000000617. The second kappa shape index (κ2) is 10.1. The molecule has 0 aliphatic rings. The van der Waals surface area contributed by atoms with Crippen LogP contribution in [0.15, 0.2) is 66.7 Å². The van der Waals surface area contributed by atoms with E-state index in [0.717, 1.165) is 46.5 Å². The Morgan fingerprint density at radius 1 is 0.553 bits per heavy atom. The van der Waals surface area contributed by atoms with Crippen molar-refractivity contribution in [1.82, 2.24) is 0 Å². The predicted molar refractivity (Wildman–Crippen MR) is 133 cm³/mol. The molecule has 38 heavy (non-hydrogen) atoms. The molecule has 0 aliphatic heterocycles. The van der Waals surface area contributed by atoms with Crippen LogP contribution in [0.25, 0.3) is 38.6 Å². The highest BCUT2D eigenvalue weighted by atomic mass is 19.5. The largest absolute Gasteiger partial charge is 0.673 e. The van der Waals surface area contributed by atoms with E-state index in [4.69, 9.17) is 0 Å². The van der Waals surface area contributed by atoms with E-state index in [-0.39, 0.29) is 0 Å². The van der Waals surface area contributed by atoms with Gasteiger partial charge >= 0.3 is 7.25 Å². The minimum absolute atomic E-state index is 0.355. The minimum atomic E-state index is -6.00. The van der Waals surface area contributed by atoms with Gasteiger partial charge in [-0.2, -0.15) is 4.57 Å². The number of hydrogen-bond acceptors (Lipinski definition) is 0. The highest BCUT2D eigenvalue weighted by Gasteiger charge is 2.28. The lowest BCUT2D eigenvalue weighted by atomic mass is 9.88. The fourth-order valence-electron chi connectivity index (χ4n) is 4.82. The van der Waals surface area contributed by atoms with Gasteiger partial charge in [-0.15, -0.1) is 0 Å². The fourth-order valence-corrected chi connectivity index (χ4v) is 4.82. The Hall–Kier alpha value is -3.95. The molecule has 4 aromatic carbocycles. The second-order valence-corrected chi connectivity index (χ2v) is 8.88. The molecule has 5 aromatic rings. The van der Waals surface area contributed by atoms with Crippen LogP contribution in [0.4, 0.5) is 34.8 Å². The first-order valence-corrected chi connectivity index (χ1v) is 11.4. The SMILES string of the molecule is Cc1cc(C)c(-c2c3cc(F)c(F)cc3[n+](-c3ccccc3)c3cc(F)c(F)cc23)c(C)c1.F[B-](F)(F)F. The Labute approximate surface area is 213 Å². The molecule has 0 aliphatic carbocycles. The molecule has 10 heteroatoms. The summed E-state index contributed by atoms with van der Waals surface area (Å²) in [5.74, 6) is -4.05. The monoisotopic (exact) mass is 533 g/mol. The summed E-state index contributed by atoms with van der Waals surface area (Å²) in [6, 6.07) is 17.4. The Morgan fingerprint density at radius 3 is 1.37 bits per heavy atom. The van der Waals surface area contributed by atoms with Gasteiger partial charge in [-0.3, -0.25) is 0 Å². The summed E-state index contributed by atoms with van der Waals surface area (Å²) in [6.45, 7) is 5.81. The van der Waals surface area contributed by atoms with Crippen molar-refractivity contribution in [3.63, 3.8) is 0 Å². The predicted octanol–water partition coefficient (Wildman–Crippen LogP) is 8.72. The summed E-state index contributed by atoms with van der Waals surface area (Å²) in [6.07, 6.45) is 0. The molecule has 0 N–H and O–H groups in total. The molecule has 0 bridgehead atoms. The van der Waals surface area contributed by atoms with Gasteiger partial charge in [0, 0.05) is 29.8 Å². The summed E-state index contributed by atoms with van der Waals surface area (Å²) in [5, 5.41) is 0.817. The van der Waals surface area contributed by atoms with E-state index < -0.39 is 30.5 Å². The van der Waals surface area contributed by atoms with Gasteiger partial charge < -0.3 is 17.3 Å². The zero-order valence-electron chi connectivity index (χ0n) is 20.4. The maximum absolute atomic E-state index is 14.6. The van der Waals surface area contributed by atoms with E-state index in [9.17, 15) is 34.8 Å². The number of benzene rings is 4. The highest BCUT2D eigenvalue weighted by molar-refractivity contribution is 6.50. The third-order valence-electron chi connectivity index (χ3n) is 6.04. The Kier molecular flexibility index (Phi) is 7.19. The molecule has 1 aromatic heterocycles. The molecule has 1 nitrogen and oxygen atoms in total. The molecule has 0 spiro atoms. The van der Waals surface area contributed by atoms with Crippen molar-refractivity contribution in [3.05, 3.63) is 107 Å². The number of fused-ring (bicyclic) bond motifs is 2. The number of aromatic nitrogens is 1. The number of halogens is 8. The van der Waals surface area contributed by atoms with E-state index in [0.29, 0.717) is 33.1 Å². The maximum Gasteiger partial charge on any atom is 0.673 e. The zero-order chi connectivity index (χ0) is 27.9. The van der Waals surface area contributed by atoms with Gasteiger partial charge in [-0.05, 0) is 49.6 Å². The first-order valence-electron chi connectivity index (χ1n) is 11.4. The van der Waals surface area contributed by atoms with Crippen LogP contribution >= 0.6 is 0 Å². The number of hydrogen-bond donors (Lipinski definition) is 0. The van der Waals surface area contributed by atoms with Crippen molar-refractivity contribution in [2.45, 2.75) is 20.8 Å². The van der Waals surface area contributed by atoms with E-state index >= 15 is 0 Å². The van der Waals surface area contributed by atoms with Crippen molar-refractivity contribution >= 4 is 29.1 Å². The van der Waals surface area contributed by atoms with Crippen LogP contribution in [0.1, 0.15) is 16.7 Å². The minimum Gasteiger partial charge on any atom is -0.418 e. The molecular weight excluding hydrogens is 513 g/mol. The third-order valence-corrected chi connectivity index (χ3v) is 6.04. The molecule has 0 amide bonds.